The molecule has 158 valence electrons. The number of hydrogen-bond acceptors (Lipinski definition) is 5. The monoisotopic (exact) mass is 500 g/mol. The second kappa shape index (κ2) is 9.08. The molecule has 0 bridgehead atoms. The number of ether oxygens (including phenoxy) is 1. The van der Waals surface area contributed by atoms with E-state index in [0.717, 1.165) is 24.4 Å². The first-order valence-corrected chi connectivity index (χ1v) is 10.2. The third-order valence-electron chi connectivity index (χ3n) is 3.48. The number of aliphatic imine (C=N–C) groups is 1. The maximum atomic E-state index is 12.8. The van der Waals surface area contributed by atoms with Crippen LogP contribution in [0.4, 0.5) is 33.3 Å². The minimum atomic E-state index is -5.58. The molecule has 12 heteroatoms. The van der Waals surface area contributed by atoms with Crippen LogP contribution in [0.3, 0.4) is 0 Å². The van der Waals surface area contributed by atoms with Gasteiger partial charge in [-0.15, -0.1) is 0 Å². The van der Waals surface area contributed by atoms with Crippen LogP contribution < -0.4 is 10.1 Å². The van der Waals surface area contributed by atoms with Crippen molar-refractivity contribution >= 4 is 43.4 Å². The highest BCUT2D eigenvalue weighted by Crippen LogP contribution is 2.35. The number of nitrogens with zero attached hydrogens (tertiary/aromatic N) is 1. The topological polar surface area (TPSA) is 67.8 Å². The molecule has 2 aromatic carbocycles. The van der Waals surface area contributed by atoms with E-state index >= 15 is 0 Å². The highest BCUT2D eigenvalue weighted by atomic mass is 79.9. The van der Waals surface area contributed by atoms with Crippen molar-refractivity contribution in [1.29, 1.82) is 0 Å². The summed E-state index contributed by atoms with van der Waals surface area (Å²) in [5.74, 6) is -0.212. The third kappa shape index (κ3) is 5.66. The zero-order valence-corrected chi connectivity index (χ0v) is 17.1. The van der Waals surface area contributed by atoms with Gasteiger partial charge in [-0.05, 0) is 43.3 Å². The van der Waals surface area contributed by atoms with Gasteiger partial charge >= 0.3 is 12.1 Å². The van der Waals surface area contributed by atoms with E-state index in [-0.39, 0.29) is 22.7 Å². The second-order valence-electron chi connectivity index (χ2n) is 5.48. The average molecular weight is 501 g/mol. The Bertz CT molecular complexity index is 1010. The van der Waals surface area contributed by atoms with Gasteiger partial charge in [-0.3, -0.25) is 4.99 Å². The molecule has 0 aliphatic heterocycles. The van der Waals surface area contributed by atoms with Gasteiger partial charge in [0.1, 0.15) is 5.75 Å². The van der Waals surface area contributed by atoms with Gasteiger partial charge in [-0.2, -0.15) is 22.0 Å². The molecule has 0 saturated carbocycles. The Morgan fingerprint density at radius 1 is 1.21 bits per heavy atom. The summed E-state index contributed by atoms with van der Waals surface area (Å²) in [4.78, 5) is 3.01. The Kier molecular flexibility index (Phi) is 7.22. The highest BCUT2D eigenvalue weighted by Gasteiger charge is 2.47. The smallest absolute Gasteiger partial charge is 0.434 e. The lowest BCUT2D eigenvalue weighted by molar-refractivity contribution is -0.0500. The molecule has 0 aromatic heterocycles. The lowest BCUT2D eigenvalue weighted by Gasteiger charge is -2.12. The minimum Gasteiger partial charge on any atom is -0.434 e. The van der Waals surface area contributed by atoms with E-state index in [1.807, 2.05) is 0 Å². The third-order valence-corrected chi connectivity index (χ3v) is 5.46. The van der Waals surface area contributed by atoms with Crippen LogP contribution in [0, 0.1) is 0 Å². The first-order chi connectivity index (χ1) is 13.5. The van der Waals surface area contributed by atoms with Crippen molar-refractivity contribution in [3.05, 3.63) is 46.4 Å². The fourth-order valence-electron chi connectivity index (χ4n) is 2.22. The minimum absolute atomic E-state index is 0.103. The molecule has 0 heterocycles. The number of anilines is 1. The van der Waals surface area contributed by atoms with Crippen LogP contribution in [0.5, 0.6) is 5.75 Å². The Morgan fingerprint density at radius 3 is 2.48 bits per heavy atom. The van der Waals surface area contributed by atoms with Crippen LogP contribution in [0.25, 0.3) is 0 Å². The van der Waals surface area contributed by atoms with Crippen molar-refractivity contribution in [3.8, 4) is 5.75 Å². The summed E-state index contributed by atoms with van der Waals surface area (Å²) in [5.41, 5.74) is -5.24. The molecule has 5 nitrogen and oxygen atoms in total. The number of halogens is 6. The molecular weight excluding hydrogens is 487 g/mol. The molecule has 2 aromatic rings. The van der Waals surface area contributed by atoms with Crippen LogP contribution in [0.15, 0.2) is 50.8 Å². The molecule has 0 saturated heterocycles. The van der Waals surface area contributed by atoms with Crippen molar-refractivity contribution in [1.82, 2.24) is 0 Å². The molecule has 0 unspecified atom stereocenters. The van der Waals surface area contributed by atoms with Gasteiger partial charge in [0, 0.05) is 22.8 Å². The van der Waals surface area contributed by atoms with E-state index < -0.39 is 26.9 Å². The second-order valence-corrected chi connectivity index (χ2v) is 8.33. The van der Waals surface area contributed by atoms with Crippen LogP contribution >= 0.6 is 15.9 Å². The van der Waals surface area contributed by atoms with Crippen LogP contribution in [-0.2, 0) is 9.84 Å². The van der Waals surface area contributed by atoms with Crippen molar-refractivity contribution in [2.45, 2.75) is 23.9 Å². The molecule has 0 fully saturated rings. The number of sulfone groups is 1. The number of rotatable bonds is 7. The van der Waals surface area contributed by atoms with Gasteiger partial charge < -0.3 is 10.1 Å². The lowest BCUT2D eigenvalue weighted by atomic mass is 10.2. The van der Waals surface area contributed by atoms with E-state index in [9.17, 15) is 30.4 Å². The molecule has 1 N–H and O–H groups in total. The van der Waals surface area contributed by atoms with Crippen molar-refractivity contribution in [2.24, 2.45) is 4.99 Å². The molecule has 0 radical (unpaired) electrons. The number of hydrogen-bond donors (Lipinski definition) is 1. The normalized spacial score (nSPS) is 12.6. The summed E-state index contributed by atoms with van der Waals surface area (Å²) < 4.78 is 91.9. The first kappa shape index (κ1) is 23.1. The van der Waals surface area contributed by atoms with Crippen molar-refractivity contribution < 1.29 is 35.1 Å². The van der Waals surface area contributed by atoms with Crippen LogP contribution in [-0.4, -0.2) is 33.3 Å². The van der Waals surface area contributed by atoms with Crippen molar-refractivity contribution in [2.75, 3.05) is 11.9 Å². The summed E-state index contributed by atoms with van der Waals surface area (Å²) in [6.45, 7) is -0.998. The molecule has 29 heavy (non-hydrogen) atoms. The fraction of sp³-hybridized carbons (Fsp3) is 0.235. The number of nitrogens with one attached hydrogen (secondary N) is 1. The van der Waals surface area contributed by atoms with Gasteiger partial charge in [0.25, 0.3) is 9.84 Å². The number of alkyl halides is 5. The molecule has 0 aliphatic rings. The van der Waals surface area contributed by atoms with E-state index in [1.165, 1.54) is 18.2 Å². The average Bonchev–Trinajstić information content (AvgIpc) is 2.61. The molecule has 0 spiro atoms. The van der Waals surface area contributed by atoms with E-state index in [2.05, 4.69) is 31.0 Å². The first-order valence-electron chi connectivity index (χ1n) is 7.93. The summed E-state index contributed by atoms with van der Waals surface area (Å²) >= 11 is 3.17. The van der Waals surface area contributed by atoms with E-state index in [1.54, 1.807) is 6.92 Å². The Labute approximate surface area is 171 Å². The van der Waals surface area contributed by atoms with Gasteiger partial charge in [-0.1, -0.05) is 15.9 Å². The quantitative estimate of drug-likeness (QED) is 0.401. The van der Waals surface area contributed by atoms with Crippen LogP contribution in [0.1, 0.15) is 12.5 Å². The van der Waals surface area contributed by atoms with Gasteiger partial charge in [-0.25, -0.2) is 8.42 Å². The van der Waals surface area contributed by atoms with Gasteiger partial charge in [0.2, 0.25) is 0 Å². The maximum Gasteiger partial charge on any atom is 0.501 e. The standard InChI is InChI=1S/C17H14BrF5N2O3S/c1-2-24-13-5-4-12(29(26,27)17(21,22)23)8-14(13)25-9-10-7-11(18)3-6-15(10)28-16(19)20/h3-9,16,24H,2H2,1H3. The van der Waals surface area contributed by atoms with Gasteiger partial charge in [0.15, 0.2) is 0 Å². The Balaban J connectivity index is 2.54. The van der Waals surface area contributed by atoms with Crippen molar-refractivity contribution in [3.63, 3.8) is 0 Å². The summed E-state index contributed by atoms with van der Waals surface area (Å²) in [7, 11) is -5.58. The fourth-order valence-corrected chi connectivity index (χ4v) is 3.38. The summed E-state index contributed by atoms with van der Waals surface area (Å²) in [6.07, 6.45) is 1.09. The SMILES string of the molecule is CCNc1ccc(S(=O)(=O)C(F)(F)F)cc1N=Cc1cc(Br)ccc1OC(F)F. The molecule has 0 aliphatic carbocycles. The largest absolute Gasteiger partial charge is 0.501 e. The zero-order valence-electron chi connectivity index (χ0n) is 14.7. The highest BCUT2D eigenvalue weighted by molar-refractivity contribution is 9.10. The summed E-state index contributed by atoms with van der Waals surface area (Å²) in [5, 5.41) is 2.84. The van der Waals surface area contributed by atoms with E-state index in [0.29, 0.717) is 11.0 Å². The lowest BCUT2D eigenvalue weighted by Crippen LogP contribution is -2.23. The molecule has 2 rings (SSSR count). The Hall–Kier alpha value is -2.21. The van der Waals surface area contributed by atoms with Gasteiger partial charge in [0.05, 0.1) is 16.3 Å². The maximum absolute atomic E-state index is 12.8. The predicted molar refractivity (Wildman–Crippen MR) is 102 cm³/mol. The molecule has 0 atom stereocenters. The summed E-state index contributed by atoms with van der Waals surface area (Å²) in [6, 6.07) is 6.83. The Morgan fingerprint density at radius 2 is 1.90 bits per heavy atom. The van der Waals surface area contributed by atoms with E-state index in [4.69, 9.17) is 0 Å². The number of benzene rings is 2. The molecular formula is C17H14BrF5N2O3S. The molecule has 0 amide bonds. The zero-order chi connectivity index (χ0) is 21.8. The van der Waals surface area contributed by atoms with Crippen LogP contribution in [0.2, 0.25) is 0 Å². The predicted octanol–water partition coefficient (Wildman–Crippen LogP) is 5.53.